The Morgan fingerprint density at radius 1 is 1.37 bits per heavy atom. The van der Waals surface area contributed by atoms with Crippen LogP contribution in [-0.4, -0.2) is 49.2 Å². The summed E-state index contributed by atoms with van der Waals surface area (Å²) in [5.41, 5.74) is 0. The predicted molar refractivity (Wildman–Crippen MR) is 70.9 cm³/mol. The highest BCUT2D eigenvalue weighted by atomic mass is 16.5. The molecule has 0 saturated carbocycles. The van der Waals surface area contributed by atoms with Crippen LogP contribution in [0.25, 0.3) is 0 Å². The Labute approximate surface area is 114 Å². The number of aliphatic hydroxyl groups excluding tert-OH is 1. The Kier molecular flexibility index (Phi) is 8.40. The van der Waals surface area contributed by atoms with Crippen LogP contribution >= 0.6 is 0 Å². The van der Waals surface area contributed by atoms with E-state index in [0.29, 0.717) is 45.4 Å². The van der Waals surface area contributed by atoms with Crippen molar-refractivity contribution in [3.63, 3.8) is 0 Å². The van der Waals surface area contributed by atoms with Crippen molar-refractivity contribution in [1.82, 2.24) is 10.3 Å². The van der Waals surface area contributed by atoms with E-state index in [1.807, 2.05) is 13.8 Å². The molecule has 0 aliphatic rings. The van der Waals surface area contributed by atoms with E-state index in [0.717, 1.165) is 12.2 Å². The normalized spacial score (nSPS) is 12.8. The Morgan fingerprint density at radius 3 is 2.84 bits per heavy atom. The molecule has 0 amide bonds. The van der Waals surface area contributed by atoms with Crippen LogP contribution in [0, 0.1) is 0 Å². The number of nitrogens with zero attached hydrogens (tertiary/aromatic N) is 1. The molecule has 6 nitrogen and oxygen atoms in total. The number of aliphatic hydroxyl groups is 1. The highest BCUT2D eigenvalue weighted by Gasteiger charge is 2.06. The summed E-state index contributed by atoms with van der Waals surface area (Å²) in [5, 5.41) is 12.7. The average Bonchev–Trinajstić information content (AvgIpc) is 2.86. The van der Waals surface area contributed by atoms with Crippen molar-refractivity contribution in [2.75, 3.05) is 33.0 Å². The maximum atomic E-state index is 9.66. The lowest BCUT2D eigenvalue weighted by Crippen LogP contribution is -2.30. The number of nitrogens with one attached hydrogen (secondary N) is 1. The van der Waals surface area contributed by atoms with Gasteiger partial charge in [-0.3, -0.25) is 0 Å². The van der Waals surface area contributed by atoms with Gasteiger partial charge in [-0.1, -0.05) is 6.92 Å². The van der Waals surface area contributed by atoms with Gasteiger partial charge in [-0.2, -0.15) is 0 Å². The third-order valence-corrected chi connectivity index (χ3v) is 2.49. The summed E-state index contributed by atoms with van der Waals surface area (Å²) in [7, 11) is 0. The maximum Gasteiger partial charge on any atom is 0.208 e. The zero-order valence-corrected chi connectivity index (χ0v) is 11.7. The summed E-state index contributed by atoms with van der Waals surface area (Å²) in [4.78, 5) is 4.12. The standard InChI is InChI=1S/C13H24N2O4/c1-3-12-8-15-13(19-12)9-14-7-11(16)10-18-6-5-17-4-2/h8,11,14,16H,3-7,9-10H2,1-2H3. The van der Waals surface area contributed by atoms with Crippen molar-refractivity contribution < 1.29 is 19.0 Å². The number of hydrogen-bond donors (Lipinski definition) is 2. The molecule has 1 rings (SSSR count). The summed E-state index contributed by atoms with van der Waals surface area (Å²) in [6, 6.07) is 0. The molecule has 0 bridgehead atoms. The van der Waals surface area contributed by atoms with Crippen LogP contribution in [0.2, 0.25) is 0 Å². The largest absolute Gasteiger partial charge is 0.444 e. The Balaban J connectivity index is 2.01. The molecule has 0 radical (unpaired) electrons. The Morgan fingerprint density at radius 2 is 2.16 bits per heavy atom. The molecule has 2 N–H and O–H groups in total. The lowest BCUT2D eigenvalue weighted by atomic mass is 10.4. The van der Waals surface area contributed by atoms with Gasteiger partial charge in [-0.05, 0) is 6.92 Å². The highest BCUT2D eigenvalue weighted by molar-refractivity contribution is 4.93. The SMILES string of the molecule is CCOCCOCC(O)CNCc1ncc(CC)o1. The molecule has 1 heterocycles. The van der Waals surface area contributed by atoms with Gasteiger partial charge in [0.05, 0.1) is 38.7 Å². The van der Waals surface area contributed by atoms with Gasteiger partial charge in [0.15, 0.2) is 0 Å². The van der Waals surface area contributed by atoms with Gasteiger partial charge >= 0.3 is 0 Å². The van der Waals surface area contributed by atoms with Crippen LogP contribution in [0.1, 0.15) is 25.5 Å². The Hall–Kier alpha value is -0.950. The van der Waals surface area contributed by atoms with Crippen molar-refractivity contribution in [3.05, 3.63) is 17.8 Å². The first-order chi connectivity index (χ1) is 9.26. The van der Waals surface area contributed by atoms with Crippen LogP contribution in [0.15, 0.2) is 10.6 Å². The molecule has 1 aromatic heterocycles. The molecule has 0 aliphatic carbocycles. The van der Waals surface area contributed by atoms with E-state index in [1.54, 1.807) is 6.20 Å². The van der Waals surface area contributed by atoms with Gasteiger partial charge < -0.3 is 24.3 Å². The molecular formula is C13H24N2O4. The van der Waals surface area contributed by atoms with Crippen molar-refractivity contribution in [3.8, 4) is 0 Å². The van der Waals surface area contributed by atoms with Crippen molar-refractivity contribution >= 4 is 0 Å². The van der Waals surface area contributed by atoms with Crippen LogP contribution in [0.4, 0.5) is 0 Å². The van der Waals surface area contributed by atoms with Crippen LogP contribution in [0.5, 0.6) is 0 Å². The number of oxazole rings is 1. The number of aromatic nitrogens is 1. The van der Waals surface area contributed by atoms with E-state index >= 15 is 0 Å². The van der Waals surface area contributed by atoms with Gasteiger partial charge in [0.1, 0.15) is 5.76 Å². The first-order valence-corrected chi connectivity index (χ1v) is 6.74. The van der Waals surface area contributed by atoms with E-state index in [1.165, 1.54) is 0 Å². The van der Waals surface area contributed by atoms with Crippen molar-refractivity contribution in [2.24, 2.45) is 0 Å². The third kappa shape index (κ3) is 7.27. The minimum Gasteiger partial charge on any atom is -0.444 e. The molecule has 0 spiro atoms. The molecule has 19 heavy (non-hydrogen) atoms. The molecule has 1 atom stereocenters. The summed E-state index contributed by atoms with van der Waals surface area (Å²) in [6.07, 6.45) is 2.02. The van der Waals surface area contributed by atoms with E-state index in [2.05, 4.69) is 10.3 Å². The van der Waals surface area contributed by atoms with Crippen molar-refractivity contribution in [2.45, 2.75) is 32.9 Å². The Bertz CT molecular complexity index is 330. The van der Waals surface area contributed by atoms with E-state index in [-0.39, 0.29) is 0 Å². The molecule has 1 aromatic rings. The van der Waals surface area contributed by atoms with Gasteiger partial charge in [0.25, 0.3) is 0 Å². The van der Waals surface area contributed by atoms with Crippen molar-refractivity contribution in [1.29, 1.82) is 0 Å². The fourth-order valence-electron chi connectivity index (χ4n) is 1.48. The average molecular weight is 272 g/mol. The monoisotopic (exact) mass is 272 g/mol. The number of ether oxygens (including phenoxy) is 2. The first kappa shape index (κ1) is 16.1. The molecular weight excluding hydrogens is 248 g/mol. The zero-order valence-electron chi connectivity index (χ0n) is 11.7. The molecule has 0 aromatic carbocycles. The van der Waals surface area contributed by atoms with Crippen LogP contribution in [0.3, 0.4) is 0 Å². The highest BCUT2D eigenvalue weighted by Crippen LogP contribution is 2.03. The van der Waals surface area contributed by atoms with Gasteiger partial charge in [0, 0.05) is 19.6 Å². The van der Waals surface area contributed by atoms with Crippen LogP contribution < -0.4 is 5.32 Å². The lowest BCUT2D eigenvalue weighted by molar-refractivity contribution is 0.00629. The smallest absolute Gasteiger partial charge is 0.208 e. The predicted octanol–water partition coefficient (Wildman–Crippen LogP) is 0.741. The topological polar surface area (TPSA) is 76.8 Å². The van der Waals surface area contributed by atoms with Gasteiger partial charge in [-0.25, -0.2) is 4.98 Å². The minimum atomic E-state index is -0.540. The quantitative estimate of drug-likeness (QED) is 0.579. The molecule has 6 heteroatoms. The molecule has 110 valence electrons. The molecule has 0 saturated heterocycles. The zero-order chi connectivity index (χ0) is 13.9. The second kappa shape index (κ2) is 9.91. The van der Waals surface area contributed by atoms with E-state index < -0.39 is 6.10 Å². The lowest BCUT2D eigenvalue weighted by Gasteiger charge is -2.11. The third-order valence-electron chi connectivity index (χ3n) is 2.49. The van der Waals surface area contributed by atoms with Crippen LogP contribution in [-0.2, 0) is 22.4 Å². The first-order valence-electron chi connectivity index (χ1n) is 6.74. The van der Waals surface area contributed by atoms with Gasteiger partial charge in [0.2, 0.25) is 5.89 Å². The fraction of sp³-hybridized carbons (Fsp3) is 0.769. The second-order valence-corrected chi connectivity index (χ2v) is 4.13. The maximum absolute atomic E-state index is 9.66. The summed E-state index contributed by atoms with van der Waals surface area (Å²) >= 11 is 0. The fourth-order valence-corrected chi connectivity index (χ4v) is 1.48. The van der Waals surface area contributed by atoms with E-state index in [9.17, 15) is 5.11 Å². The summed E-state index contributed by atoms with van der Waals surface area (Å²) in [5.74, 6) is 1.51. The van der Waals surface area contributed by atoms with E-state index in [4.69, 9.17) is 13.9 Å². The van der Waals surface area contributed by atoms with Gasteiger partial charge in [-0.15, -0.1) is 0 Å². The second-order valence-electron chi connectivity index (χ2n) is 4.13. The molecule has 0 aliphatic heterocycles. The molecule has 1 unspecified atom stereocenters. The number of aryl methyl sites for hydroxylation is 1. The minimum absolute atomic E-state index is 0.297. The molecule has 0 fully saturated rings. The number of rotatable bonds is 11. The number of hydrogen-bond acceptors (Lipinski definition) is 6. The summed E-state index contributed by atoms with van der Waals surface area (Å²) in [6.45, 7) is 6.95. The summed E-state index contributed by atoms with van der Waals surface area (Å²) < 4.78 is 15.8.